The third-order valence-corrected chi connectivity index (χ3v) is 3.45. The Bertz CT molecular complexity index is 266. The molecular formula is C15H30N2O2. The van der Waals surface area contributed by atoms with Gasteiger partial charge in [-0.05, 0) is 72.0 Å². The Labute approximate surface area is 117 Å². The molecule has 0 bridgehead atoms. The number of rotatable bonds is 5. The van der Waals surface area contributed by atoms with E-state index in [2.05, 4.69) is 17.1 Å². The highest BCUT2D eigenvalue weighted by Gasteiger charge is 2.16. The molecule has 4 heteroatoms. The van der Waals surface area contributed by atoms with E-state index in [0.717, 1.165) is 25.3 Å². The zero-order valence-corrected chi connectivity index (χ0v) is 13.0. The minimum absolute atomic E-state index is 0.306. The number of piperidine rings is 1. The Kier molecular flexibility index (Phi) is 6.63. The van der Waals surface area contributed by atoms with E-state index in [9.17, 15) is 4.79 Å². The number of ether oxygens (including phenoxy) is 1. The van der Waals surface area contributed by atoms with Crippen LogP contribution in [0.4, 0.5) is 4.79 Å². The lowest BCUT2D eigenvalue weighted by Gasteiger charge is -2.30. The van der Waals surface area contributed by atoms with Crippen LogP contribution in [-0.2, 0) is 4.74 Å². The van der Waals surface area contributed by atoms with Crippen molar-refractivity contribution in [3.63, 3.8) is 0 Å². The number of nitrogens with zero attached hydrogens (tertiary/aromatic N) is 1. The fourth-order valence-corrected chi connectivity index (χ4v) is 2.25. The van der Waals surface area contributed by atoms with Crippen LogP contribution in [0.1, 0.15) is 53.4 Å². The summed E-state index contributed by atoms with van der Waals surface area (Å²) in [5, 5.41) is 2.80. The van der Waals surface area contributed by atoms with Gasteiger partial charge in [-0.3, -0.25) is 0 Å². The lowest BCUT2D eigenvalue weighted by Crippen LogP contribution is -2.35. The second-order valence-electron chi connectivity index (χ2n) is 6.66. The zero-order valence-electron chi connectivity index (χ0n) is 13.0. The fraction of sp³-hybridized carbons (Fsp3) is 0.933. The van der Waals surface area contributed by atoms with E-state index in [1.165, 1.54) is 25.9 Å². The Hall–Kier alpha value is -0.770. The average Bonchev–Trinajstić information content (AvgIpc) is 2.29. The molecule has 1 heterocycles. The van der Waals surface area contributed by atoms with Gasteiger partial charge >= 0.3 is 6.09 Å². The van der Waals surface area contributed by atoms with Crippen molar-refractivity contribution in [2.75, 3.05) is 26.2 Å². The van der Waals surface area contributed by atoms with Gasteiger partial charge < -0.3 is 15.0 Å². The van der Waals surface area contributed by atoms with Crippen LogP contribution in [0, 0.1) is 5.92 Å². The first kappa shape index (κ1) is 16.3. The maximum Gasteiger partial charge on any atom is 0.407 e. The molecule has 19 heavy (non-hydrogen) atoms. The molecule has 1 amide bonds. The molecular weight excluding hydrogens is 240 g/mol. The van der Waals surface area contributed by atoms with Crippen molar-refractivity contribution >= 4 is 6.09 Å². The molecule has 0 radical (unpaired) electrons. The van der Waals surface area contributed by atoms with Crippen molar-refractivity contribution in [2.45, 2.75) is 59.0 Å². The summed E-state index contributed by atoms with van der Waals surface area (Å²) in [7, 11) is 0. The van der Waals surface area contributed by atoms with Crippen LogP contribution in [0.15, 0.2) is 0 Å². The van der Waals surface area contributed by atoms with Crippen molar-refractivity contribution in [2.24, 2.45) is 5.92 Å². The lowest BCUT2D eigenvalue weighted by atomic mass is 9.99. The number of unbranched alkanes of at least 4 members (excludes halogenated alkanes) is 1. The van der Waals surface area contributed by atoms with Crippen LogP contribution in [0.3, 0.4) is 0 Å². The molecule has 0 aliphatic carbocycles. The Morgan fingerprint density at radius 3 is 2.47 bits per heavy atom. The van der Waals surface area contributed by atoms with Gasteiger partial charge in [-0.2, -0.15) is 0 Å². The summed E-state index contributed by atoms with van der Waals surface area (Å²) in [4.78, 5) is 14.0. The first-order valence-corrected chi connectivity index (χ1v) is 7.56. The lowest BCUT2D eigenvalue weighted by molar-refractivity contribution is 0.0526. The number of likely N-dealkylation sites (tertiary alicyclic amines) is 1. The van der Waals surface area contributed by atoms with Crippen molar-refractivity contribution in [1.82, 2.24) is 10.2 Å². The number of hydrogen-bond acceptors (Lipinski definition) is 3. The number of alkyl carbamates (subject to hydrolysis) is 1. The third kappa shape index (κ3) is 8.09. The van der Waals surface area contributed by atoms with Gasteiger partial charge in [0.05, 0.1) is 0 Å². The van der Waals surface area contributed by atoms with E-state index in [-0.39, 0.29) is 6.09 Å². The normalized spacial score (nSPS) is 18.3. The first-order chi connectivity index (χ1) is 8.87. The molecule has 0 aromatic rings. The largest absolute Gasteiger partial charge is 0.444 e. The number of nitrogens with one attached hydrogen (secondary N) is 1. The average molecular weight is 270 g/mol. The highest BCUT2D eigenvalue weighted by molar-refractivity contribution is 5.67. The third-order valence-electron chi connectivity index (χ3n) is 3.45. The molecule has 4 nitrogen and oxygen atoms in total. The summed E-state index contributed by atoms with van der Waals surface area (Å²) in [5.41, 5.74) is -0.408. The predicted molar refractivity (Wildman–Crippen MR) is 78.3 cm³/mol. The van der Waals surface area contributed by atoms with Crippen LogP contribution in [0.25, 0.3) is 0 Å². The molecule has 0 saturated carbocycles. The summed E-state index contributed by atoms with van der Waals surface area (Å²) in [6.45, 7) is 12.3. The highest BCUT2D eigenvalue weighted by Crippen LogP contribution is 2.16. The van der Waals surface area contributed by atoms with E-state index in [1.807, 2.05) is 20.8 Å². The summed E-state index contributed by atoms with van der Waals surface area (Å²) in [6.07, 6.45) is 4.52. The van der Waals surface area contributed by atoms with Crippen LogP contribution < -0.4 is 5.32 Å². The first-order valence-electron chi connectivity index (χ1n) is 7.56. The molecule has 1 aliphatic heterocycles. The van der Waals surface area contributed by atoms with Crippen LogP contribution in [-0.4, -0.2) is 42.8 Å². The molecule has 1 rings (SSSR count). The Balaban J connectivity index is 1.98. The standard InChI is InChI=1S/C15H30N2O2/c1-13-7-11-17(12-8-13)10-6-5-9-16-14(18)19-15(2,3)4/h13H,5-12H2,1-4H3,(H,16,18). The minimum atomic E-state index is -0.408. The number of hydrogen-bond donors (Lipinski definition) is 1. The van der Waals surface area contributed by atoms with Crippen molar-refractivity contribution < 1.29 is 9.53 Å². The Morgan fingerprint density at radius 1 is 1.26 bits per heavy atom. The van der Waals surface area contributed by atoms with Crippen LogP contribution in [0.2, 0.25) is 0 Å². The van der Waals surface area contributed by atoms with E-state index >= 15 is 0 Å². The quantitative estimate of drug-likeness (QED) is 0.781. The van der Waals surface area contributed by atoms with Gasteiger partial charge in [-0.1, -0.05) is 6.92 Å². The maximum atomic E-state index is 11.4. The monoisotopic (exact) mass is 270 g/mol. The van der Waals surface area contributed by atoms with Gasteiger partial charge in [-0.15, -0.1) is 0 Å². The van der Waals surface area contributed by atoms with E-state index in [1.54, 1.807) is 0 Å². The summed E-state index contributed by atoms with van der Waals surface area (Å²) >= 11 is 0. The molecule has 0 aromatic carbocycles. The molecule has 1 saturated heterocycles. The molecule has 112 valence electrons. The molecule has 0 spiro atoms. The van der Waals surface area contributed by atoms with Gasteiger partial charge in [0.1, 0.15) is 5.60 Å². The zero-order chi connectivity index (χ0) is 14.3. The maximum absolute atomic E-state index is 11.4. The molecule has 1 N–H and O–H groups in total. The molecule has 0 unspecified atom stereocenters. The second-order valence-corrected chi connectivity index (χ2v) is 6.66. The highest BCUT2D eigenvalue weighted by atomic mass is 16.6. The van der Waals surface area contributed by atoms with Crippen molar-refractivity contribution in [3.8, 4) is 0 Å². The number of amides is 1. The molecule has 0 atom stereocenters. The van der Waals surface area contributed by atoms with Gasteiger partial charge in [-0.25, -0.2) is 4.79 Å². The van der Waals surface area contributed by atoms with E-state index < -0.39 is 5.60 Å². The minimum Gasteiger partial charge on any atom is -0.444 e. The smallest absolute Gasteiger partial charge is 0.407 e. The van der Waals surface area contributed by atoms with Crippen molar-refractivity contribution in [1.29, 1.82) is 0 Å². The summed E-state index contributed by atoms with van der Waals surface area (Å²) < 4.78 is 5.19. The Morgan fingerprint density at radius 2 is 1.89 bits per heavy atom. The summed E-state index contributed by atoms with van der Waals surface area (Å²) in [6, 6.07) is 0. The predicted octanol–water partition coefficient (Wildman–Crippen LogP) is 3.02. The number of carbonyl (C=O) groups is 1. The molecule has 1 aliphatic rings. The number of carbonyl (C=O) groups excluding carboxylic acids is 1. The van der Waals surface area contributed by atoms with Gasteiger partial charge in [0.15, 0.2) is 0 Å². The molecule has 1 fully saturated rings. The van der Waals surface area contributed by atoms with Gasteiger partial charge in [0.25, 0.3) is 0 Å². The van der Waals surface area contributed by atoms with Crippen LogP contribution >= 0.6 is 0 Å². The molecule has 0 aromatic heterocycles. The van der Waals surface area contributed by atoms with Gasteiger partial charge in [0.2, 0.25) is 0 Å². The van der Waals surface area contributed by atoms with E-state index in [0.29, 0.717) is 6.54 Å². The van der Waals surface area contributed by atoms with Crippen LogP contribution in [0.5, 0.6) is 0 Å². The topological polar surface area (TPSA) is 41.6 Å². The SMILES string of the molecule is CC1CCN(CCCCNC(=O)OC(C)(C)C)CC1. The van der Waals surface area contributed by atoms with E-state index in [4.69, 9.17) is 4.74 Å². The summed E-state index contributed by atoms with van der Waals surface area (Å²) in [5.74, 6) is 0.894. The fourth-order valence-electron chi connectivity index (χ4n) is 2.25. The van der Waals surface area contributed by atoms with Crippen molar-refractivity contribution in [3.05, 3.63) is 0 Å². The second kappa shape index (κ2) is 7.73. The van der Waals surface area contributed by atoms with Gasteiger partial charge in [0, 0.05) is 6.54 Å².